The first-order valence-corrected chi connectivity index (χ1v) is 11.7. The predicted octanol–water partition coefficient (Wildman–Crippen LogP) is 3.80. The van der Waals surface area contributed by atoms with Crippen molar-refractivity contribution in [3.8, 4) is 0 Å². The number of likely N-dealkylation sites (tertiary alicyclic amines) is 1. The summed E-state index contributed by atoms with van der Waals surface area (Å²) in [6.07, 6.45) is 9.28. The van der Waals surface area contributed by atoms with Gasteiger partial charge in [0.1, 0.15) is 11.1 Å². The second kappa shape index (κ2) is 10.5. The van der Waals surface area contributed by atoms with Crippen molar-refractivity contribution in [2.24, 2.45) is 0 Å². The van der Waals surface area contributed by atoms with Gasteiger partial charge in [-0.1, -0.05) is 36.4 Å². The van der Waals surface area contributed by atoms with E-state index in [-0.39, 0.29) is 29.1 Å². The van der Waals surface area contributed by atoms with Crippen LogP contribution in [-0.2, 0) is 6.54 Å². The van der Waals surface area contributed by atoms with Gasteiger partial charge in [-0.2, -0.15) is 0 Å². The predicted molar refractivity (Wildman–Crippen MR) is 131 cm³/mol. The lowest BCUT2D eigenvalue weighted by atomic mass is 9.95. The number of piperidine rings is 1. The molecule has 0 unspecified atom stereocenters. The second-order valence-corrected chi connectivity index (χ2v) is 9.00. The summed E-state index contributed by atoms with van der Waals surface area (Å²) in [4.78, 5) is 46.0. The Kier molecular flexibility index (Phi) is 7.21. The summed E-state index contributed by atoms with van der Waals surface area (Å²) in [5.74, 6) is -0.821. The average Bonchev–Trinajstić information content (AvgIpc) is 2.85. The molecule has 0 bridgehead atoms. The van der Waals surface area contributed by atoms with Crippen LogP contribution in [0, 0.1) is 0 Å². The number of rotatable bonds is 6. The van der Waals surface area contributed by atoms with Crippen LogP contribution < -0.4 is 10.7 Å². The Hall–Kier alpha value is -3.74. The summed E-state index contributed by atoms with van der Waals surface area (Å²) in [6.45, 7) is 4.66. The minimum absolute atomic E-state index is 0.0168. The van der Waals surface area contributed by atoms with Gasteiger partial charge < -0.3 is 14.8 Å². The largest absolute Gasteiger partial charge is 0.350 e. The van der Waals surface area contributed by atoms with Crippen molar-refractivity contribution in [3.63, 3.8) is 0 Å². The van der Waals surface area contributed by atoms with Crippen LogP contribution in [-0.4, -0.2) is 38.9 Å². The lowest BCUT2D eigenvalue weighted by molar-refractivity contribution is 0.0609. The van der Waals surface area contributed by atoms with Gasteiger partial charge in [-0.25, -0.2) is 0 Å². The zero-order valence-electron chi connectivity index (χ0n) is 19.6. The molecule has 34 heavy (non-hydrogen) atoms. The number of carbonyl (C=O) groups is 2. The number of benzene rings is 1. The fourth-order valence-corrected chi connectivity index (χ4v) is 4.42. The molecule has 7 heteroatoms. The zero-order valence-corrected chi connectivity index (χ0v) is 19.6. The third kappa shape index (κ3) is 5.25. The van der Waals surface area contributed by atoms with E-state index in [4.69, 9.17) is 0 Å². The number of hydrogen-bond acceptors (Lipinski definition) is 4. The monoisotopic (exact) mass is 458 g/mol. The van der Waals surface area contributed by atoms with E-state index in [0.717, 1.165) is 30.4 Å². The van der Waals surface area contributed by atoms with Crippen LogP contribution in [0.3, 0.4) is 0 Å². The highest BCUT2D eigenvalue weighted by molar-refractivity contribution is 5.99. The number of carbonyl (C=O) groups excluding carboxylic acids is 2. The van der Waals surface area contributed by atoms with E-state index < -0.39 is 11.3 Å². The molecule has 0 aliphatic carbocycles. The molecule has 4 rings (SSSR count). The molecule has 3 heterocycles. The Morgan fingerprint density at radius 1 is 1.06 bits per heavy atom. The third-order valence-electron chi connectivity index (χ3n) is 6.01. The summed E-state index contributed by atoms with van der Waals surface area (Å²) in [5.41, 5.74) is 1.41. The summed E-state index contributed by atoms with van der Waals surface area (Å²) in [5, 5.41) is 2.79. The number of amides is 2. The number of aromatic nitrogens is 2. The van der Waals surface area contributed by atoms with Gasteiger partial charge >= 0.3 is 0 Å². The Morgan fingerprint density at radius 3 is 2.53 bits per heavy atom. The van der Waals surface area contributed by atoms with Crippen molar-refractivity contribution in [1.29, 1.82) is 0 Å². The first kappa shape index (κ1) is 23.4. The number of nitrogens with one attached hydrogen (secondary N) is 1. The van der Waals surface area contributed by atoms with E-state index in [1.807, 2.05) is 56.3 Å². The van der Waals surface area contributed by atoms with E-state index in [0.29, 0.717) is 13.1 Å². The molecule has 2 aromatic heterocycles. The molecule has 1 saturated heterocycles. The maximum Gasteiger partial charge on any atom is 0.259 e. The summed E-state index contributed by atoms with van der Waals surface area (Å²) in [6, 6.07) is 13.3. The fraction of sp³-hybridized carbons (Fsp3) is 0.333. The van der Waals surface area contributed by atoms with Gasteiger partial charge in [0.15, 0.2) is 0 Å². The molecule has 1 aromatic carbocycles. The average molecular weight is 459 g/mol. The molecular weight excluding hydrogens is 428 g/mol. The molecule has 2 amide bonds. The number of hydrogen-bond donors (Lipinski definition) is 1. The number of pyridine rings is 2. The highest BCUT2D eigenvalue weighted by Crippen LogP contribution is 2.31. The first-order valence-electron chi connectivity index (χ1n) is 11.7. The third-order valence-corrected chi connectivity index (χ3v) is 6.01. The highest BCUT2D eigenvalue weighted by Gasteiger charge is 2.31. The fourth-order valence-electron chi connectivity index (χ4n) is 4.42. The van der Waals surface area contributed by atoms with Gasteiger partial charge in [0, 0.05) is 43.9 Å². The van der Waals surface area contributed by atoms with Gasteiger partial charge in [0.2, 0.25) is 5.43 Å². The van der Waals surface area contributed by atoms with Gasteiger partial charge in [-0.05, 0) is 50.3 Å². The Bertz CT molecular complexity index is 1210. The standard InChI is InChI=1S/C27H30N4O3/c1-19(2)29-26(33)22-17-30(16-20-9-4-3-5-10-20)18-23(25(22)32)27(34)31-14-7-6-12-24(31)21-11-8-13-28-15-21/h3-5,8-11,13,15,17-19,24H,6-7,12,14,16H2,1-2H3,(H,29,33)/t24-/m0/s1. The molecule has 1 fully saturated rings. The van der Waals surface area contributed by atoms with Gasteiger partial charge in [-0.15, -0.1) is 0 Å². The Balaban J connectivity index is 1.75. The minimum Gasteiger partial charge on any atom is -0.350 e. The molecule has 1 aliphatic rings. The highest BCUT2D eigenvalue weighted by atomic mass is 16.2. The van der Waals surface area contributed by atoms with E-state index in [1.54, 1.807) is 34.3 Å². The first-order chi connectivity index (χ1) is 16.4. The van der Waals surface area contributed by atoms with Crippen LogP contribution in [0.5, 0.6) is 0 Å². The van der Waals surface area contributed by atoms with E-state index >= 15 is 0 Å². The van der Waals surface area contributed by atoms with Crippen LogP contribution in [0.25, 0.3) is 0 Å². The summed E-state index contributed by atoms with van der Waals surface area (Å²) < 4.78 is 1.75. The maximum absolute atomic E-state index is 13.8. The van der Waals surface area contributed by atoms with Crippen LogP contribution in [0.1, 0.15) is 71.0 Å². The van der Waals surface area contributed by atoms with Crippen molar-refractivity contribution in [2.45, 2.75) is 51.7 Å². The van der Waals surface area contributed by atoms with Gasteiger partial charge in [0.05, 0.1) is 6.04 Å². The topological polar surface area (TPSA) is 84.3 Å². The van der Waals surface area contributed by atoms with Gasteiger partial charge in [-0.3, -0.25) is 19.4 Å². The van der Waals surface area contributed by atoms with Crippen molar-refractivity contribution in [2.75, 3.05) is 6.54 Å². The van der Waals surface area contributed by atoms with Crippen molar-refractivity contribution in [3.05, 3.63) is 99.7 Å². The van der Waals surface area contributed by atoms with Crippen LogP contribution >= 0.6 is 0 Å². The van der Waals surface area contributed by atoms with E-state index in [2.05, 4.69) is 10.3 Å². The molecule has 0 spiro atoms. The molecule has 7 nitrogen and oxygen atoms in total. The molecule has 1 N–H and O–H groups in total. The summed E-state index contributed by atoms with van der Waals surface area (Å²) >= 11 is 0. The lowest BCUT2D eigenvalue weighted by Crippen LogP contribution is -2.42. The summed E-state index contributed by atoms with van der Waals surface area (Å²) in [7, 11) is 0. The van der Waals surface area contributed by atoms with E-state index in [1.165, 1.54) is 0 Å². The van der Waals surface area contributed by atoms with Crippen LogP contribution in [0.2, 0.25) is 0 Å². The van der Waals surface area contributed by atoms with Crippen molar-refractivity contribution in [1.82, 2.24) is 19.8 Å². The van der Waals surface area contributed by atoms with Gasteiger partial charge in [0.25, 0.3) is 11.8 Å². The maximum atomic E-state index is 13.8. The minimum atomic E-state index is -0.539. The SMILES string of the molecule is CC(C)NC(=O)c1cn(Cc2ccccc2)cc(C(=O)N2CCCC[C@H]2c2cccnc2)c1=O. The molecular formula is C27H30N4O3. The Morgan fingerprint density at radius 2 is 1.82 bits per heavy atom. The van der Waals surface area contributed by atoms with Crippen molar-refractivity contribution >= 4 is 11.8 Å². The molecule has 1 aliphatic heterocycles. The quantitative estimate of drug-likeness (QED) is 0.609. The normalized spacial score (nSPS) is 15.9. The molecule has 176 valence electrons. The smallest absolute Gasteiger partial charge is 0.259 e. The van der Waals surface area contributed by atoms with Crippen LogP contribution in [0.15, 0.2) is 72.0 Å². The lowest BCUT2D eigenvalue weighted by Gasteiger charge is -2.36. The van der Waals surface area contributed by atoms with E-state index in [9.17, 15) is 14.4 Å². The van der Waals surface area contributed by atoms with Crippen molar-refractivity contribution < 1.29 is 9.59 Å². The second-order valence-electron chi connectivity index (χ2n) is 9.00. The zero-order chi connectivity index (χ0) is 24.1. The molecule has 0 saturated carbocycles. The molecule has 3 aromatic rings. The Labute approximate surface area is 199 Å². The number of nitrogens with zero attached hydrogens (tertiary/aromatic N) is 3. The molecule has 1 atom stereocenters. The molecule has 0 radical (unpaired) electrons. The van der Waals surface area contributed by atoms with Crippen LogP contribution in [0.4, 0.5) is 0 Å².